The maximum atomic E-state index is 13.8. The molecular formula is C21H16Cl2FN5O2. The van der Waals surface area contributed by atoms with Crippen molar-refractivity contribution in [2.45, 2.75) is 13.3 Å². The number of hydrogen-bond donors (Lipinski definition) is 1. The highest BCUT2D eigenvalue weighted by atomic mass is 35.5. The Kier molecular flexibility index (Phi) is 6.20. The minimum absolute atomic E-state index is 0.0614. The lowest BCUT2D eigenvalue weighted by molar-refractivity contribution is 0.101. The molecular weight excluding hydrogens is 444 g/mol. The molecule has 4 aromatic rings. The van der Waals surface area contributed by atoms with E-state index in [2.05, 4.69) is 15.5 Å². The lowest BCUT2D eigenvalue weighted by atomic mass is 10.2. The van der Waals surface area contributed by atoms with Crippen molar-refractivity contribution in [1.29, 1.82) is 0 Å². The summed E-state index contributed by atoms with van der Waals surface area (Å²) in [6, 6.07) is 14.5. The van der Waals surface area contributed by atoms with Gasteiger partial charge in [-0.1, -0.05) is 41.4 Å². The van der Waals surface area contributed by atoms with Gasteiger partial charge in [-0.25, -0.2) is 9.07 Å². The van der Waals surface area contributed by atoms with Gasteiger partial charge in [0.05, 0.1) is 11.6 Å². The van der Waals surface area contributed by atoms with Crippen LogP contribution in [0.25, 0.3) is 0 Å². The van der Waals surface area contributed by atoms with E-state index in [1.54, 1.807) is 60.9 Å². The van der Waals surface area contributed by atoms with Crippen LogP contribution in [-0.4, -0.2) is 25.5 Å². The first-order valence-corrected chi connectivity index (χ1v) is 9.93. The fraction of sp³-hybridized carbons (Fsp3) is 0.0952. The normalized spacial score (nSPS) is 10.8. The molecule has 10 heteroatoms. The molecule has 0 bridgehead atoms. The van der Waals surface area contributed by atoms with Crippen LogP contribution in [0.4, 0.5) is 10.2 Å². The second kappa shape index (κ2) is 9.20. The van der Waals surface area contributed by atoms with Crippen LogP contribution in [0.2, 0.25) is 10.0 Å². The summed E-state index contributed by atoms with van der Waals surface area (Å²) in [5.41, 5.74) is 0.692. The van der Waals surface area contributed by atoms with Gasteiger partial charge in [0.1, 0.15) is 11.6 Å². The predicted octanol–water partition coefficient (Wildman–Crippen LogP) is 4.86. The Morgan fingerprint density at radius 3 is 2.65 bits per heavy atom. The Balaban J connectivity index is 1.35. The van der Waals surface area contributed by atoms with E-state index in [1.165, 1.54) is 15.4 Å². The number of ether oxygens (including phenoxy) is 1. The molecule has 0 fully saturated rings. The molecule has 0 aliphatic carbocycles. The van der Waals surface area contributed by atoms with Crippen LogP contribution in [-0.2, 0) is 13.3 Å². The van der Waals surface area contributed by atoms with Crippen molar-refractivity contribution in [1.82, 2.24) is 19.6 Å². The van der Waals surface area contributed by atoms with E-state index >= 15 is 0 Å². The number of rotatable bonds is 7. The van der Waals surface area contributed by atoms with Gasteiger partial charge in [0.25, 0.3) is 5.91 Å². The number of amides is 1. The molecule has 0 radical (unpaired) electrons. The number of halogens is 3. The summed E-state index contributed by atoms with van der Waals surface area (Å²) < 4.78 is 22.4. The van der Waals surface area contributed by atoms with Gasteiger partial charge >= 0.3 is 0 Å². The molecule has 1 N–H and O–H groups in total. The summed E-state index contributed by atoms with van der Waals surface area (Å²) in [5.74, 6) is 0.0451. The smallest absolute Gasteiger partial charge is 0.277 e. The van der Waals surface area contributed by atoms with Gasteiger partial charge in [-0.2, -0.15) is 10.2 Å². The van der Waals surface area contributed by atoms with Crippen LogP contribution in [0.15, 0.2) is 67.0 Å². The molecule has 0 aliphatic heterocycles. The molecule has 31 heavy (non-hydrogen) atoms. The lowest BCUT2D eigenvalue weighted by Crippen LogP contribution is -2.15. The average Bonchev–Trinajstić information content (AvgIpc) is 3.39. The molecule has 7 nitrogen and oxygen atoms in total. The van der Waals surface area contributed by atoms with Gasteiger partial charge < -0.3 is 10.1 Å². The third-order valence-corrected chi connectivity index (χ3v) is 4.82. The van der Waals surface area contributed by atoms with E-state index in [4.69, 9.17) is 27.9 Å². The second-order valence-electron chi connectivity index (χ2n) is 6.53. The van der Waals surface area contributed by atoms with Crippen LogP contribution in [0, 0.1) is 5.82 Å². The van der Waals surface area contributed by atoms with Gasteiger partial charge in [0.2, 0.25) is 0 Å². The SMILES string of the molecule is O=C(Nc1ccn(Cc2ccccc2F)n1)c1ccn(COc2ccc(Cl)cc2Cl)n1. The molecule has 2 heterocycles. The zero-order valence-electron chi connectivity index (χ0n) is 16.0. The Morgan fingerprint density at radius 2 is 1.84 bits per heavy atom. The van der Waals surface area contributed by atoms with Gasteiger partial charge in [0, 0.05) is 29.0 Å². The van der Waals surface area contributed by atoms with E-state index in [0.717, 1.165) is 0 Å². The first kappa shape index (κ1) is 20.9. The van der Waals surface area contributed by atoms with Crippen LogP contribution < -0.4 is 10.1 Å². The summed E-state index contributed by atoms with van der Waals surface area (Å²) >= 11 is 11.9. The zero-order chi connectivity index (χ0) is 21.8. The quantitative estimate of drug-likeness (QED) is 0.428. The lowest BCUT2D eigenvalue weighted by Gasteiger charge is -2.08. The zero-order valence-corrected chi connectivity index (χ0v) is 17.5. The van der Waals surface area contributed by atoms with E-state index in [1.807, 2.05) is 0 Å². The number of hydrogen-bond acceptors (Lipinski definition) is 4. The molecule has 4 rings (SSSR count). The number of carbonyl (C=O) groups is 1. The molecule has 0 atom stereocenters. The van der Waals surface area contributed by atoms with Gasteiger partial charge in [-0.3, -0.25) is 9.48 Å². The van der Waals surface area contributed by atoms with Crippen LogP contribution in [0.3, 0.4) is 0 Å². The van der Waals surface area contributed by atoms with E-state index < -0.39 is 5.91 Å². The van der Waals surface area contributed by atoms with Crippen molar-refractivity contribution in [2.75, 3.05) is 5.32 Å². The van der Waals surface area contributed by atoms with E-state index in [9.17, 15) is 9.18 Å². The van der Waals surface area contributed by atoms with Gasteiger partial charge in [0.15, 0.2) is 18.2 Å². The fourth-order valence-corrected chi connectivity index (χ4v) is 3.24. The summed E-state index contributed by atoms with van der Waals surface area (Å²) in [4.78, 5) is 12.4. The predicted molar refractivity (Wildman–Crippen MR) is 115 cm³/mol. The standard InChI is InChI=1S/C21H16Cl2FN5O2/c22-15-5-6-19(16(23)11-15)31-13-29-9-7-18(26-29)21(30)25-20-8-10-28(27-20)12-14-3-1-2-4-17(14)24/h1-11H,12-13H2,(H,25,27,30). The van der Waals surface area contributed by atoms with Crippen molar-refractivity contribution in [2.24, 2.45) is 0 Å². The number of nitrogens with one attached hydrogen (secondary N) is 1. The molecule has 0 saturated carbocycles. The maximum Gasteiger partial charge on any atom is 0.277 e. The Hall–Kier alpha value is -3.36. The molecule has 2 aromatic heterocycles. The van der Waals surface area contributed by atoms with Crippen LogP contribution in [0.5, 0.6) is 5.75 Å². The number of anilines is 1. The molecule has 0 aliphatic rings. The summed E-state index contributed by atoms with van der Waals surface area (Å²) in [7, 11) is 0. The van der Waals surface area contributed by atoms with Crippen molar-refractivity contribution in [3.63, 3.8) is 0 Å². The third kappa shape index (κ3) is 5.22. The molecule has 0 saturated heterocycles. The van der Waals surface area contributed by atoms with Crippen LogP contribution >= 0.6 is 23.2 Å². The summed E-state index contributed by atoms with van der Waals surface area (Å²) in [5, 5.41) is 12.0. The second-order valence-corrected chi connectivity index (χ2v) is 7.38. The van der Waals surface area contributed by atoms with Crippen molar-refractivity contribution >= 4 is 34.9 Å². The average molecular weight is 460 g/mol. The summed E-state index contributed by atoms with van der Waals surface area (Å²) in [6.45, 7) is 0.313. The first-order valence-electron chi connectivity index (χ1n) is 9.17. The van der Waals surface area contributed by atoms with Gasteiger partial charge in [-0.05, 0) is 30.3 Å². The Labute approximate surface area is 187 Å². The van der Waals surface area contributed by atoms with Gasteiger partial charge in [-0.15, -0.1) is 0 Å². The summed E-state index contributed by atoms with van der Waals surface area (Å²) in [6.07, 6.45) is 3.26. The monoisotopic (exact) mass is 459 g/mol. The minimum atomic E-state index is -0.431. The largest absolute Gasteiger partial charge is 0.470 e. The third-order valence-electron chi connectivity index (χ3n) is 4.29. The highest BCUT2D eigenvalue weighted by molar-refractivity contribution is 6.35. The minimum Gasteiger partial charge on any atom is -0.470 e. The highest BCUT2D eigenvalue weighted by Crippen LogP contribution is 2.27. The Bertz CT molecular complexity index is 1220. The maximum absolute atomic E-state index is 13.8. The van der Waals surface area contributed by atoms with Crippen molar-refractivity contribution < 1.29 is 13.9 Å². The molecule has 1 amide bonds. The molecule has 2 aromatic carbocycles. The number of carbonyl (C=O) groups excluding carboxylic acids is 1. The number of benzene rings is 2. The van der Waals surface area contributed by atoms with Crippen LogP contribution in [0.1, 0.15) is 16.1 Å². The number of aromatic nitrogens is 4. The molecule has 0 spiro atoms. The van der Waals surface area contributed by atoms with E-state index in [0.29, 0.717) is 27.2 Å². The first-order chi connectivity index (χ1) is 15.0. The van der Waals surface area contributed by atoms with Crippen molar-refractivity contribution in [3.05, 3.63) is 94.1 Å². The topological polar surface area (TPSA) is 74.0 Å². The number of nitrogens with zero attached hydrogens (tertiary/aromatic N) is 4. The highest BCUT2D eigenvalue weighted by Gasteiger charge is 2.12. The molecule has 158 valence electrons. The van der Waals surface area contributed by atoms with Crippen molar-refractivity contribution in [3.8, 4) is 5.75 Å². The molecule has 0 unspecified atom stereocenters. The van der Waals surface area contributed by atoms with E-state index in [-0.39, 0.29) is 24.8 Å². The fourth-order valence-electron chi connectivity index (χ4n) is 2.78. The Morgan fingerprint density at radius 1 is 1.03 bits per heavy atom.